The van der Waals surface area contributed by atoms with Crippen LogP contribution in [0.2, 0.25) is 0 Å². The fraction of sp³-hybridized carbons (Fsp3) is 0.259. The van der Waals surface area contributed by atoms with Gasteiger partial charge in [0.25, 0.3) is 5.91 Å². The summed E-state index contributed by atoms with van der Waals surface area (Å²) in [5.74, 6) is 0.230. The summed E-state index contributed by atoms with van der Waals surface area (Å²) in [7, 11) is 3.04. The second-order valence-corrected chi connectivity index (χ2v) is 8.06. The molecule has 0 aromatic heterocycles. The van der Waals surface area contributed by atoms with Gasteiger partial charge in [0, 0.05) is 11.6 Å². The van der Waals surface area contributed by atoms with Crippen molar-refractivity contribution in [3.05, 3.63) is 95.6 Å². The lowest BCUT2D eigenvalue weighted by atomic mass is 9.96. The van der Waals surface area contributed by atoms with E-state index in [9.17, 15) is 9.59 Å². The number of carbonyl (C=O) groups excluding carboxylic acids is 2. The smallest absolute Gasteiger partial charge is 0.252 e. The van der Waals surface area contributed by atoms with E-state index in [1.165, 1.54) is 14.2 Å². The molecule has 172 valence electrons. The van der Waals surface area contributed by atoms with E-state index in [4.69, 9.17) is 9.47 Å². The van der Waals surface area contributed by atoms with Crippen LogP contribution in [0.15, 0.2) is 78.9 Å². The summed E-state index contributed by atoms with van der Waals surface area (Å²) in [4.78, 5) is 26.4. The highest BCUT2D eigenvalue weighted by atomic mass is 16.5. The van der Waals surface area contributed by atoms with Crippen LogP contribution < -0.4 is 20.1 Å². The average molecular weight is 447 g/mol. The van der Waals surface area contributed by atoms with Crippen molar-refractivity contribution < 1.29 is 19.1 Å². The van der Waals surface area contributed by atoms with Crippen LogP contribution in [0.25, 0.3) is 0 Å². The molecule has 0 saturated carbocycles. The molecule has 0 bridgehead atoms. The molecule has 1 unspecified atom stereocenters. The van der Waals surface area contributed by atoms with E-state index in [2.05, 4.69) is 10.6 Å². The number of rotatable bonds is 9. The van der Waals surface area contributed by atoms with E-state index in [1.807, 2.05) is 74.5 Å². The van der Waals surface area contributed by atoms with Crippen molar-refractivity contribution in [1.29, 1.82) is 0 Å². The number of amides is 2. The van der Waals surface area contributed by atoms with Crippen molar-refractivity contribution in [3.8, 4) is 11.5 Å². The molecule has 6 heteroatoms. The quantitative estimate of drug-likeness (QED) is 0.512. The Balaban J connectivity index is 1.84. The Hall–Kier alpha value is -3.80. The van der Waals surface area contributed by atoms with Gasteiger partial charge in [-0.05, 0) is 29.2 Å². The van der Waals surface area contributed by atoms with Crippen LogP contribution in [0.4, 0.5) is 0 Å². The van der Waals surface area contributed by atoms with E-state index in [0.717, 1.165) is 11.1 Å². The third-order valence-corrected chi connectivity index (χ3v) is 5.40. The van der Waals surface area contributed by atoms with Crippen LogP contribution in [0.1, 0.15) is 41.4 Å². The van der Waals surface area contributed by atoms with Crippen molar-refractivity contribution in [3.63, 3.8) is 0 Å². The third-order valence-electron chi connectivity index (χ3n) is 5.40. The normalized spacial score (nSPS) is 11.7. The number of hydrogen-bond donors (Lipinski definition) is 2. The molecule has 2 amide bonds. The van der Waals surface area contributed by atoms with Gasteiger partial charge in [-0.2, -0.15) is 0 Å². The number of carbonyl (C=O) groups is 2. The molecule has 0 aliphatic rings. The summed E-state index contributed by atoms with van der Waals surface area (Å²) in [5, 5.41) is 6.01. The number of hydrogen-bond acceptors (Lipinski definition) is 4. The van der Waals surface area contributed by atoms with Gasteiger partial charge in [-0.25, -0.2) is 0 Å². The van der Waals surface area contributed by atoms with Crippen LogP contribution in [-0.2, 0) is 4.79 Å². The molecule has 0 aliphatic carbocycles. The molecule has 33 heavy (non-hydrogen) atoms. The highest BCUT2D eigenvalue weighted by molar-refractivity contribution is 5.98. The molecular formula is C27H30N2O4. The van der Waals surface area contributed by atoms with E-state index >= 15 is 0 Å². The fourth-order valence-electron chi connectivity index (χ4n) is 3.58. The Bertz CT molecular complexity index is 1010. The average Bonchev–Trinajstić information content (AvgIpc) is 2.85. The molecule has 3 aromatic rings. The van der Waals surface area contributed by atoms with E-state index in [-0.39, 0.29) is 23.8 Å². The number of nitrogens with one attached hydrogen (secondary N) is 2. The predicted molar refractivity (Wildman–Crippen MR) is 129 cm³/mol. The first kappa shape index (κ1) is 23.9. The van der Waals surface area contributed by atoms with Gasteiger partial charge in [-0.1, -0.05) is 74.5 Å². The molecule has 0 aliphatic heterocycles. The zero-order valence-electron chi connectivity index (χ0n) is 19.4. The van der Waals surface area contributed by atoms with Crippen molar-refractivity contribution in [2.45, 2.75) is 25.9 Å². The number of ether oxygens (including phenoxy) is 2. The maximum atomic E-state index is 13.4. The summed E-state index contributed by atoms with van der Waals surface area (Å²) < 4.78 is 10.5. The van der Waals surface area contributed by atoms with Gasteiger partial charge in [0.05, 0.1) is 20.3 Å². The third kappa shape index (κ3) is 6.13. The summed E-state index contributed by atoms with van der Waals surface area (Å²) in [5.41, 5.74) is 2.28. The zero-order chi connectivity index (χ0) is 23.8. The molecule has 6 nitrogen and oxygen atoms in total. The second-order valence-electron chi connectivity index (χ2n) is 8.06. The molecule has 0 fully saturated rings. The topological polar surface area (TPSA) is 76.7 Å². The van der Waals surface area contributed by atoms with Crippen molar-refractivity contribution in [2.75, 3.05) is 14.2 Å². The zero-order valence-corrected chi connectivity index (χ0v) is 19.4. The molecule has 3 aromatic carbocycles. The largest absolute Gasteiger partial charge is 0.497 e. The minimum absolute atomic E-state index is 0.131. The lowest BCUT2D eigenvalue weighted by Crippen LogP contribution is -2.50. The SMILES string of the molecule is COc1cc(OC)cc(C(=O)NC(C(=O)NC(c2ccccc2)c2ccccc2)C(C)C)c1. The van der Waals surface area contributed by atoms with Gasteiger partial charge in [0.1, 0.15) is 17.5 Å². The highest BCUT2D eigenvalue weighted by Gasteiger charge is 2.28. The monoisotopic (exact) mass is 446 g/mol. The molecule has 2 N–H and O–H groups in total. The second kappa shape index (κ2) is 11.2. The molecule has 1 atom stereocenters. The highest BCUT2D eigenvalue weighted by Crippen LogP contribution is 2.24. The molecule has 3 rings (SSSR count). The lowest BCUT2D eigenvalue weighted by molar-refractivity contribution is -0.124. The van der Waals surface area contributed by atoms with Crippen LogP contribution in [0, 0.1) is 5.92 Å². The van der Waals surface area contributed by atoms with Crippen molar-refractivity contribution in [2.24, 2.45) is 5.92 Å². The van der Waals surface area contributed by atoms with Crippen molar-refractivity contribution in [1.82, 2.24) is 10.6 Å². The Morgan fingerprint density at radius 2 is 1.21 bits per heavy atom. The Labute approximate surface area is 194 Å². The maximum absolute atomic E-state index is 13.4. The van der Waals surface area contributed by atoms with Crippen LogP contribution in [0.3, 0.4) is 0 Å². The van der Waals surface area contributed by atoms with E-state index in [0.29, 0.717) is 17.1 Å². The predicted octanol–water partition coefficient (Wildman–Crippen LogP) is 4.36. The van der Waals surface area contributed by atoms with Gasteiger partial charge < -0.3 is 20.1 Å². The van der Waals surface area contributed by atoms with Gasteiger partial charge in [-0.3, -0.25) is 9.59 Å². The Kier molecular flexibility index (Phi) is 8.08. The van der Waals surface area contributed by atoms with Crippen LogP contribution in [-0.4, -0.2) is 32.1 Å². The van der Waals surface area contributed by atoms with Gasteiger partial charge in [0.2, 0.25) is 5.91 Å². The molecule has 0 saturated heterocycles. The first-order valence-electron chi connectivity index (χ1n) is 10.9. The summed E-state index contributed by atoms with van der Waals surface area (Å²) in [6.07, 6.45) is 0. The van der Waals surface area contributed by atoms with Gasteiger partial charge in [0.15, 0.2) is 0 Å². The summed E-state index contributed by atoms with van der Waals surface area (Å²) in [6, 6.07) is 23.4. The van der Waals surface area contributed by atoms with Gasteiger partial charge in [-0.15, -0.1) is 0 Å². The first-order chi connectivity index (χ1) is 15.9. The molecule has 0 heterocycles. The number of methoxy groups -OCH3 is 2. The van der Waals surface area contributed by atoms with Crippen molar-refractivity contribution >= 4 is 11.8 Å². The maximum Gasteiger partial charge on any atom is 0.252 e. The fourth-order valence-corrected chi connectivity index (χ4v) is 3.58. The summed E-state index contributed by atoms with van der Waals surface area (Å²) in [6.45, 7) is 3.80. The minimum Gasteiger partial charge on any atom is -0.497 e. The van der Waals surface area contributed by atoms with E-state index in [1.54, 1.807) is 18.2 Å². The number of benzene rings is 3. The first-order valence-corrected chi connectivity index (χ1v) is 10.9. The molecule has 0 spiro atoms. The lowest BCUT2D eigenvalue weighted by Gasteiger charge is -2.26. The standard InChI is InChI=1S/C27H30N2O4/c1-18(2)24(28-26(30)21-15-22(32-3)17-23(16-21)33-4)27(31)29-25(19-11-7-5-8-12-19)20-13-9-6-10-14-20/h5-18,24-25H,1-4H3,(H,28,30)(H,29,31). The van der Waals surface area contributed by atoms with Crippen LogP contribution in [0.5, 0.6) is 11.5 Å². The Morgan fingerprint density at radius 1 is 0.727 bits per heavy atom. The molecular weight excluding hydrogens is 416 g/mol. The van der Waals surface area contributed by atoms with E-state index < -0.39 is 6.04 Å². The van der Waals surface area contributed by atoms with Crippen LogP contribution >= 0.6 is 0 Å². The van der Waals surface area contributed by atoms with Gasteiger partial charge >= 0.3 is 0 Å². The summed E-state index contributed by atoms with van der Waals surface area (Å²) >= 11 is 0. The molecule has 0 radical (unpaired) electrons. The Morgan fingerprint density at radius 3 is 1.64 bits per heavy atom. The minimum atomic E-state index is -0.732.